The number of nitrogens with zero attached hydrogens (tertiary/aromatic N) is 2. The predicted octanol–water partition coefficient (Wildman–Crippen LogP) is 16.3. The van der Waals surface area contributed by atoms with Crippen molar-refractivity contribution in [1.82, 2.24) is 9.55 Å². The summed E-state index contributed by atoms with van der Waals surface area (Å²) in [6.45, 7) is 6.10. The molecular weight excluding hydrogens is 1320 g/mol. The number of hydrogen-bond acceptors (Lipinski definition) is 14. The number of nitrogen functional groups attached to an aromatic ring is 1. The minimum absolute atomic E-state index is 0.0281. The average molecular weight is 1390 g/mol. The van der Waals surface area contributed by atoms with E-state index in [4.69, 9.17) is 108 Å². The molecule has 3 aliphatic rings. The number of ether oxygens (including phenoxy) is 7. The van der Waals surface area contributed by atoms with Gasteiger partial charge < -0.3 is 38.9 Å². The van der Waals surface area contributed by atoms with Crippen molar-refractivity contribution in [3.8, 4) is 0 Å². The summed E-state index contributed by atoms with van der Waals surface area (Å²) in [5.74, 6) is -0.433. The van der Waals surface area contributed by atoms with E-state index in [1.807, 2.05) is 104 Å². The van der Waals surface area contributed by atoms with Gasteiger partial charge in [-0.25, -0.2) is 18.0 Å². The fraction of sp³-hybridized carbons (Fsp3) is 0.359. The Hall–Kier alpha value is -4.19. The number of hydrogen-bond donors (Lipinski definition) is 1. The second-order valence-corrected chi connectivity index (χ2v) is 27.5. The van der Waals surface area contributed by atoms with Gasteiger partial charge in [0.05, 0.1) is 75.2 Å². The molecule has 88 heavy (non-hydrogen) atoms. The van der Waals surface area contributed by atoms with Gasteiger partial charge in [-0.2, -0.15) is 4.98 Å². The van der Waals surface area contributed by atoms with Crippen LogP contribution in [0.2, 0.25) is 30.1 Å². The standard InChI is InChI=1S/C23H22Cl2FN3O3S.C21H21Cl2FO4S.C20H21Cl2FO2S/c24-16-5-1-14(2-6-16)11-31-13-18-21(32-12-15-3-7-17(25)8-4-15)20(26)22(33-18)29-10-9-19(27)28-23(29)30;1-13(25)28-21-19(24)20(27-11-15-4-8-17(23)9-5-15)18(29-21)12-26-10-14-2-6-16(22)7-3-14;1-13-19(23)20(25-11-15-4-8-17(22)9-5-15)18(26-13)12-24-10-14-2-6-16(21)7-3-14/h1-10,18,20-22H,11-13H2,(H2,27,28,30);2-9,18-21H,10-12H2,1H3;2-9,13,18-20H,10-12H2,1H3/t18-,20+,21-,22?;18-,19+,20-,21?;13?,18-,19-,20-/m111/s1. The topological polar surface area (TPSA) is 143 Å². The Kier molecular flexibility index (Phi) is 27.7. The van der Waals surface area contributed by atoms with Gasteiger partial charge in [0.15, 0.2) is 17.8 Å². The van der Waals surface area contributed by atoms with Crippen molar-refractivity contribution < 1.29 is 51.1 Å². The highest BCUT2D eigenvalue weighted by molar-refractivity contribution is 8.01. The first-order valence-corrected chi connectivity index (χ1v) is 32.9. The normalized spacial score (nSPS) is 23.9. The Morgan fingerprint density at radius 2 is 0.795 bits per heavy atom. The number of esters is 1. The summed E-state index contributed by atoms with van der Waals surface area (Å²) >= 11 is 39.5. The van der Waals surface area contributed by atoms with Crippen molar-refractivity contribution in [1.29, 1.82) is 0 Å². The van der Waals surface area contributed by atoms with Crippen LogP contribution in [0.25, 0.3) is 0 Å². The van der Waals surface area contributed by atoms with Crippen LogP contribution in [0, 0.1) is 0 Å². The van der Waals surface area contributed by atoms with Crippen molar-refractivity contribution in [3.63, 3.8) is 0 Å². The maximum absolute atomic E-state index is 15.6. The van der Waals surface area contributed by atoms with E-state index in [2.05, 4.69) is 4.98 Å². The molecule has 10 rings (SSSR count). The summed E-state index contributed by atoms with van der Waals surface area (Å²) in [5, 5.41) is 2.33. The summed E-state index contributed by atoms with van der Waals surface area (Å²) in [6.07, 6.45) is -4.46. The van der Waals surface area contributed by atoms with Crippen LogP contribution in [-0.4, -0.2) is 98.6 Å². The van der Waals surface area contributed by atoms with E-state index in [0.29, 0.717) is 63.2 Å². The van der Waals surface area contributed by atoms with Gasteiger partial charge in [0.2, 0.25) is 0 Å². The molecule has 3 aliphatic heterocycles. The third-order valence-electron chi connectivity index (χ3n) is 13.9. The molecule has 470 valence electrons. The second-order valence-electron chi connectivity index (χ2n) is 20.6. The lowest BCUT2D eigenvalue weighted by Crippen LogP contribution is -2.35. The van der Waals surface area contributed by atoms with Gasteiger partial charge in [-0.05, 0) is 112 Å². The van der Waals surface area contributed by atoms with Crippen LogP contribution in [0.4, 0.5) is 19.0 Å². The Morgan fingerprint density at radius 3 is 1.15 bits per heavy atom. The highest BCUT2D eigenvalue weighted by Gasteiger charge is 2.49. The fourth-order valence-electron chi connectivity index (χ4n) is 9.32. The third kappa shape index (κ3) is 21.5. The van der Waals surface area contributed by atoms with E-state index in [1.165, 1.54) is 47.3 Å². The lowest BCUT2D eigenvalue weighted by Gasteiger charge is -2.21. The largest absolute Gasteiger partial charge is 0.448 e. The Labute approximate surface area is 552 Å². The summed E-state index contributed by atoms with van der Waals surface area (Å²) in [4.78, 5) is 27.3. The number of aromatic nitrogens is 2. The number of carbonyl (C=O) groups is 1. The summed E-state index contributed by atoms with van der Waals surface area (Å²) in [7, 11) is 0. The number of anilines is 1. The molecular formula is C64H64Cl6F3N3O9S3. The second kappa shape index (κ2) is 35.0. The van der Waals surface area contributed by atoms with Crippen LogP contribution >= 0.6 is 105 Å². The number of nitrogens with two attached hydrogens (primary N) is 1. The zero-order valence-corrected chi connectivity index (χ0v) is 54.6. The van der Waals surface area contributed by atoms with Crippen molar-refractivity contribution in [3.05, 3.63) is 232 Å². The zero-order valence-electron chi connectivity index (χ0n) is 47.6. The van der Waals surface area contributed by atoms with Crippen molar-refractivity contribution in [2.75, 3.05) is 25.6 Å². The number of thioether (sulfide) groups is 3. The monoisotopic (exact) mass is 1380 g/mol. The van der Waals surface area contributed by atoms with Gasteiger partial charge in [-0.3, -0.25) is 9.36 Å². The van der Waals surface area contributed by atoms with Crippen molar-refractivity contribution >= 4 is 117 Å². The van der Waals surface area contributed by atoms with Crippen LogP contribution in [0.1, 0.15) is 52.6 Å². The predicted molar refractivity (Wildman–Crippen MR) is 349 cm³/mol. The molecule has 0 spiro atoms. The first-order chi connectivity index (χ1) is 42.3. The molecule has 12 nitrogen and oxygen atoms in total. The average Bonchev–Trinajstić information content (AvgIpc) is 2.31. The molecule has 0 radical (unpaired) electrons. The van der Waals surface area contributed by atoms with E-state index in [0.717, 1.165) is 33.4 Å². The summed E-state index contributed by atoms with van der Waals surface area (Å²) < 4.78 is 86.6. The summed E-state index contributed by atoms with van der Waals surface area (Å²) in [5.41, 5.74) is 9.75. The van der Waals surface area contributed by atoms with E-state index >= 15 is 4.39 Å². The molecule has 3 saturated heterocycles. The van der Waals surface area contributed by atoms with Crippen LogP contribution in [0.5, 0.6) is 0 Å². The zero-order chi connectivity index (χ0) is 62.7. The Bertz CT molecular complexity index is 3320. The lowest BCUT2D eigenvalue weighted by molar-refractivity contribution is -0.146. The maximum Gasteiger partial charge on any atom is 0.350 e. The number of benzene rings is 6. The number of halogens is 9. The first-order valence-electron chi connectivity index (χ1n) is 27.8. The molecule has 6 aromatic carbocycles. The molecule has 4 heterocycles. The minimum atomic E-state index is -1.45. The van der Waals surface area contributed by atoms with Crippen molar-refractivity contribution in [2.45, 2.75) is 122 Å². The smallest absolute Gasteiger partial charge is 0.350 e. The van der Waals surface area contributed by atoms with Crippen LogP contribution < -0.4 is 11.4 Å². The molecule has 12 atom stereocenters. The highest BCUT2D eigenvalue weighted by atomic mass is 35.5. The maximum atomic E-state index is 15.6. The van der Waals surface area contributed by atoms with Gasteiger partial charge in [0.25, 0.3) is 0 Å². The number of rotatable bonds is 23. The third-order valence-corrected chi connectivity index (χ3v) is 19.8. The van der Waals surface area contributed by atoms with Gasteiger partial charge in [0.1, 0.15) is 35.7 Å². The van der Waals surface area contributed by atoms with E-state index < -0.39 is 59.3 Å². The van der Waals surface area contributed by atoms with E-state index in [-0.39, 0.29) is 53.2 Å². The van der Waals surface area contributed by atoms with Gasteiger partial charge >= 0.3 is 11.7 Å². The first kappa shape index (κ1) is 69.7. The minimum Gasteiger partial charge on any atom is -0.448 e. The van der Waals surface area contributed by atoms with E-state index in [1.54, 1.807) is 60.3 Å². The van der Waals surface area contributed by atoms with E-state index in [9.17, 15) is 18.4 Å². The lowest BCUT2D eigenvalue weighted by atomic mass is 10.1. The Balaban J connectivity index is 0.000000172. The molecule has 0 bridgehead atoms. The molecule has 3 unspecified atom stereocenters. The van der Waals surface area contributed by atoms with Gasteiger partial charge in [-0.15, -0.1) is 35.3 Å². The van der Waals surface area contributed by atoms with Gasteiger partial charge in [0, 0.05) is 48.5 Å². The van der Waals surface area contributed by atoms with Crippen LogP contribution in [0.3, 0.4) is 0 Å². The Morgan fingerprint density at radius 1 is 0.477 bits per heavy atom. The highest BCUT2D eigenvalue weighted by Crippen LogP contribution is 2.45. The molecule has 1 aromatic heterocycles. The SMILES string of the molecule is CC(=O)OC1S[C@H](COCc2ccc(Cl)cc2)[C@@H](OCc2ccc(Cl)cc2)[C@@H]1F.CC1S[C@H](COCc2ccc(Cl)cc2)[C@@H](OCc2ccc(Cl)cc2)[C@@H]1F.Nc1ccn(C2S[C@H](COCc3ccc(Cl)cc3)[C@@H](OCc3ccc(Cl)cc3)[C@@H]2F)c(=O)n1. The molecule has 0 amide bonds. The molecule has 24 heteroatoms. The molecule has 3 fully saturated rings. The number of alkyl halides is 3. The molecule has 2 N–H and O–H groups in total. The van der Waals surface area contributed by atoms with Crippen LogP contribution in [-0.2, 0) is 77.6 Å². The molecule has 0 aliphatic carbocycles. The molecule has 7 aromatic rings. The van der Waals surface area contributed by atoms with Crippen molar-refractivity contribution in [2.24, 2.45) is 0 Å². The quantitative estimate of drug-likeness (QED) is 0.0607. The molecule has 0 saturated carbocycles. The van der Waals surface area contributed by atoms with Crippen LogP contribution in [0.15, 0.2) is 163 Å². The fourth-order valence-corrected chi connectivity index (χ4v) is 14.4. The van der Waals surface area contributed by atoms with Gasteiger partial charge in [-0.1, -0.05) is 149 Å². The summed E-state index contributed by atoms with van der Waals surface area (Å²) in [6, 6.07) is 45.4. The number of carbonyl (C=O) groups excluding carboxylic acids is 1.